The van der Waals surface area contributed by atoms with Crippen molar-refractivity contribution >= 4 is 18.3 Å². The highest BCUT2D eigenvalue weighted by Crippen LogP contribution is 2.35. The monoisotopic (exact) mass is 357 g/mol. The van der Waals surface area contributed by atoms with Gasteiger partial charge in [-0.2, -0.15) is 0 Å². The molecule has 140 valence electrons. The summed E-state index contributed by atoms with van der Waals surface area (Å²) in [6.45, 7) is 6.52. The van der Waals surface area contributed by atoms with Crippen molar-refractivity contribution in [3.8, 4) is 0 Å². The van der Waals surface area contributed by atoms with Crippen molar-refractivity contribution in [2.45, 2.75) is 82.7 Å². The molecule has 1 saturated carbocycles. The van der Waals surface area contributed by atoms with Gasteiger partial charge in [0, 0.05) is 24.0 Å². The topological polar surface area (TPSA) is 44.4 Å². The van der Waals surface area contributed by atoms with Crippen molar-refractivity contribution in [3.05, 3.63) is 0 Å². The van der Waals surface area contributed by atoms with Crippen LogP contribution in [-0.4, -0.2) is 48.6 Å². The maximum absolute atomic E-state index is 12.7. The van der Waals surface area contributed by atoms with Crippen LogP contribution in [0, 0.1) is 5.92 Å². The molecule has 2 aliphatic heterocycles. The fourth-order valence-electron chi connectivity index (χ4n) is 4.95. The predicted molar refractivity (Wildman–Crippen MR) is 102 cm³/mol. The van der Waals surface area contributed by atoms with Crippen molar-refractivity contribution in [2.24, 2.45) is 5.92 Å². The van der Waals surface area contributed by atoms with Gasteiger partial charge in [0.2, 0.25) is 5.91 Å². The Morgan fingerprint density at radius 2 is 1.79 bits per heavy atom. The second kappa shape index (κ2) is 9.40. The second-order valence-corrected chi connectivity index (χ2v) is 8.13. The van der Waals surface area contributed by atoms with Gasteiger partial charge in [-0.25, -0.2) is 0 Å². The molecule has 0 aromatic heterocycles. The minimum atomic E-state index is 0. The number of carbonyl (C=O) groups excluding carboxylic acids is 1. The first kappa shape index (κ1) is 20.0. The minimum absolute atomic E-state index is 0. The van der Waals surface area contributed by atoms with E-state index >= 15 is 0 Å². The molecule has 3 rings (SSSR count). The Morgan fingerprint density at radius 3 is 2.46 bits per heavy atom. The molecule has 24 heavy (non-hydrogen) atoms. The summed E-state index contributed by atoms with van der Waals surface area (Å²) in [6, 6.07) is 0.477. The lowest BCUT2D eigenvalue weighted by molar-refractivity contribution is -0.127. The fourth-order valence-corrected chi connectivity index (χ4v) is 4.95. The van der Waals surface area contributed by atoms with Crippen LogP contribution in [0.3, 0.4) is 0 Å². The van der Waals surface area contributed by atoms with Crippen molar-refractivity contribution in [1.29, 1.82) is 0 Å². The summed E-state index contributed by atoms with van der Waals surface area (Å²) in [5, 5.41) is 6.82. The molecule has 0 radical (unpaired) electrons. The van der Waals surface area contributed by atoms with Crippen LogP contribution in [0.2, 0.25) is 0 Å². The van der Waals surface area contributed by atoms with E-state index < -0.39 is 0 Å². The predicted octanol–water partition coefficient (Wildman–Crippen LogP) is 3.10. The van der Waals surface area contributed by atoms with Crippen LogP contribution in [-0.2, 0) is 4.79 Å². The Morgan fingerprint density at radius 1 is 1.12 bits per heavy atom. The molecule has 1 amide bonds. The number of nitrogens with zero attached hydrogens (tertiary/aromatic N) is 1. The van der Waals surface area contributed by atoms with Gasteiger partial charge in [-0.1, -0.05) is 25.7 Å². The Bertz CT molecular complexity index is 392. The van der Waals surface area contributed by atoms with E-state index in [1.165, 1.54) is 64.5 Å². The molecule has 0 aromatic carbocycles. The second-order valence-electron chi connectivity index (χ2n) is 8.13. The average Bonchev–Trinajstić information content (AvgIpc) is 2.61. The molecule has 5 heteroatoms. The van der Waals surface area contributed by atoms with E-state index in [-0.39, 0.29) is 23.9 Å². The van der Waals surface area contributed by atoms with Gasteiger partial charge in [0.1, 0.15) is 0 Å². The number of hydrogen-bond donors (Lipinski definition) is 2. The zero-order valence-corrected chi connectivity index (χ0v) is 16.1. The largest absolute Gasteiger partial charge is 0.354 e. The van der Waals surface area contributed by atoms with E-state index in [1.807, 2.05) is 0 Å². The fraction of sp³-hybridized carbons (Fsp3) is 0.947. The van der Waals surface area contributed by atoms with E-state index in [4.69, 9.17) is 0 Å². The van der Waals surface area contributed by atoms with Crippen LogP contribution in [0.4, 0.5) is 0 Å². The molecule has 0 unspecified atom stereocenters. The lowest BCUT2D eigenvalue weighted by Gasteiger charge is -2.48. The zero-order chi connectivity index (χ0) is 16.1. The average molecular weight is 358 g/mol. The van der Waals surface area contributed by atoms with Crippen LogP contribution in [0.25, 0.3) is 0 Å². The van der Waals surface area contributed by atoms with Crippen LogP contribution in [0.15, 0.2) is 0 Å². The normalized spacial score (nSPS) is 31.0. The van der Waals surface area contributed by atoms with Gasteiger partial charge in [-0.3, -0.25) is 9.69 Å². The van der Waals surface area contributed by atoms with E-state index in [2.05, 4.69) is 22.5 Å². The molecule has 0 aromatic rings. The number of rotatable bonds is 4. The summed E-state index contributed by atoms with van der Waals surface area (Å²) in [5.74, 6) is 0.522. The van der Waals surface area contributed by atoms with Gasteiger partial charge >= 0.3 is 0 Å². The molecule has 2 atom stereocenters. The number of amides is 1. The highest BCUT2D eigenvalue weighted by molar-refractivity contribution is 5.85. The van der Waals surface area contributed by atoms with Gasteiger partial charge in [-0.15, -0.1) is 12.4 Å². The van der Waals surface area contributed by atoms with Gasteiger partial charge in [-0.05, 0) is 65.1 Å². The Labute approximate surface area is 153 Å². The zero-order valence-electron chi connectivity index (χ0n) is 15.3. The third-order valence-corrected chi connectivity index (χ3v) is 6.40. The number of hydrogen-bond acceptors (Lipinski definition) is 3. The molecule has 1 aliphatic carbocycles. The lowest BCUT2D eigenvalue weighted by atomic mass is 9.79. The van der Waals surface area contributed by atoms with E-state index in [1.54, 1.807) is 0 Å². The molecule has 3 fully saturated rings. The summed E-state index contributed by atoms with van der Waals surface area (Å²) in [6.07, 6.45) is 12.6. The quantitative estimate of drug-likeness (QED) is 0.812. The number of piperidine rings is 2. The van der Waals surface area contributed by atoms with E-state index in [9.17, 15) is 4.79 Å². The summed E-state index contributed by atoms with van der Waals surface area (Å²) in [5.41, 5.74) is 0.257. The maximum Gasteiger partial charge on any atom is 0.223 e. The van der Waals surface area contributed by atoms with Crippen molar-refractivity contribution in [2.75, 3.05) is 26.2 Å². The molecule has 2 saturated heterocycles. The van der Waals surface area contributed by atoms with E-state index in [0.717, 1.165) is 25.9 Å². The molecular formula is C19H36ClN3O. The van der Waals surface area contributed by atoms with Crippen molar-refractivity contribution in [1.82, 2.24) is 15.5 Å². The summed E-state index contributed by atoms with van der Waals surface area (Å²) >= 11 is 0. The molecular weight excluding hydrogens is 322 g/mol. The van der Waals surface area contributed by atoms with Gasteiger partial charge < -0.3 is 10.6 Å². The third kappa shape index (κ3) is 4.86. The lowest BCUT2D eigenvalue weighted by Crippen LogP contribution is -2.58. The Kier molecular flexibility index (Phi) is 7.83. The summed E-state index contributed by atoms with van der Waals surface area (Å²) in [7, 11) is 0. The number of carbonyl (C=O) groups is 1. The number of nitrogens with one attached hydrogen (secondary N) is 2. The first-order valence-electron chi connectivity index (χ1n) is 9.96. The van der Waals surface area contributed by atoms with Gasteiger partial charge in [0.15, 0.2) is 0 Å². The van der Waals surface area contributed by atoms with Gasteiger partial charge in [0.25, 0.3) is 0 Å². The molecule has 3 aliphatic rings. The van der Waals surface area contributed by atoms with Crippen LogP contribution >= 0.6 is 12.4 Å². The van der Waals surface area contributed by atoms with Crippen LogP contribution in [0.5, 0.6) is 0 Å². The van der Waals surface area contributed by atoms with Crippen LogP contribution in [0.1, 0.15) is 71.1 Å². The van der Waals surface area contributed by atoms with Crippen LogP contribution < -0.4 is 10.6 Å². The smallest absolute Gasteiger partial charge is 0.223 e. The third-order valence-electron chi connectivity index (χ3n) is 6.40. The van der Waals surface area contributed by atoms with Crippen molar-refractivity contribution < 1.29 is 4.79 Å². The highest BCUT2D eigenvalue weighted by Gasteiger charge is 2.39. The SMILES string of the molecule is C[C@H]1C[C@@H](C(=O)NCC2(N3CCCCC3)CCCCC2)CCN1.Cl. The van der Waals surface area contributed by atoms with Gasteiger partial charge in [0.05, 0.1) is 0 Å². The minimum Gasteiger partial charge on any atom is -0.354 e. The molecule has 2 heterocycles. The van der Waals surface area contributed by atoms with Crippen molar-refractivity contribution in [3.63, 3.8) is 0 Å². The Hall–Kier alpha value is -0.320. The maximum atomic E-state index is 12.7. The molecule has 0 bridgehead atoms. The molecule has 4 nitrogen and oxygen atoms in total. The first-order valence-corrected chi connectivity index (χ1v) is 9.96. The molecule has 2 N–H and O–H groups in total. The summed E-state index contributed by atoms with van der Waals surface area (Å²) in [4.78, 5) is 15.4. The highest BCUT2D eigenvalue weighted by atomic mass is 35.5. The standard InChI is InChI=1S/C19H35N3O.ClH/c1-16-14-17(8-11-20-16)18(23)21-15-19(9-4-2-5-10-19)22-12-6-3-7-13-22;/h16-17,20H,2-15H2,1H3,(H,21,23);1H/t16-,17-;/m0./s1. The Balaban J connectivity index is 0.00000208. The number of likely N-dealkylation sites (tertiary alicyclic amines) is 1. The first-order chi connectivity index (χ1) is 11.2. The molecule has 0 spiro atoms. The summed E-state index contributed by atoms with van der Waals surface area (Å²) < 4.78 is 0. The van der Waals surface area contributed by atoms with E-state index in [0.29, 0.717) is 11.9 Å². The number of halogens is 1.